The zero-order valence-corrected chi connectivity index (χ0v) is 16.7. The number of aliphatic hydroxyl groups is 1. The first-order chi connectivity index (χ1) is 13.4. The van der Waals surface area contributed by atoms with Crippen LogP contribution in [0.15, 0.2) is 29.8 Å². The van der Waals surface area contributed by atoms with Crippen molar-refractivity contribution >= 4 is 11.7 Å². The number of aliphatic hydroxyl groups excluding tert-OH is 1. The number of allylic oxidation sites excluding steroid dienone is 1. The molecule has 3 saturated heterocycles. The van der Waals surface area contributed by atoms with Crippen molar-refractivity contribution in [1.29, 1.82) is 0 Å². The average Bonchev–Trinajstić information content (AvgIpc) is 3.04. The zero-order chi connectivity index (χ0) is 19.9. The van der Waals surface area contributed by atoms with E-state index in [-0.39, 0.29) is 24.2 Å². The largest absolute Gasteiger partial charge is 0.508 e. The molecule has 4 aliphatic heterocycles. The smallest absolute Gasteiger partial charge is 0.315 e. The molecular formula is C22H28N2O4. The number of fused-ring (bicyclic) bond motifs is 3. The van der Waals surface area contributed by atoms with E-state index in [4.69, 9.17) is 4.74 Å². The lowest BCUT2D eigenvalue weighted by Gasteiger charge is -2.59. The Morgan fingerprint density at radius 2 is 2.18 bits per heavy atom. The maximum absolute atomic E-state index is 13.5. The number of aromatic hydroxyl groups is 1. The van der Waals surface area contributed by atoms with Gasteiger partial charge in [0.1, 0.15) is 16.8 Å². The summed E-state index contributed by atoms with van der Waals surface area (Å²) in [6.45, 7) is 3.41. The van der Waals surface area contributed by atoms with Crippen LogP contribution in [0.2, 0.25) is 0 Å². The van der Waals surface area contributed by atoms with Crippen LogP contribution < -0.4 is 4.90 Å². The van der Waals surface area contributed by atoms with Gasteiger partial charge in [0.05, 0.1) is 19.1 Å². The first-order valence-corrected chi connectivity index (χ1v) is 10.1. The molecule has 6 rings (SSSR count). The van der Waals surface area contributed by atoms with E-state index in [0.717, 1.165) is 43.6 Å². The van der Waals surface area contributed by atoms with Gasteiger partial charge in [-0.05, 0) is 49.9 Å². The highest BCUT2D eigenvalue weighted by molar-refractivity contribution is 5.86. The maximum atomic E-state index is 13.5. The van der Waals surface area contributed by atoms with E-state index in [1.807, 2.05) is 19.1 Å². The van der Waals surface area contributed by atoms with Gasteiger partial charge in [-0.2, -0.15) is 0 Å². The topological polar surface area (TPSA) is 73.2 Å². The predicted octanol–water partition coefficient (Wildman–Crippen LogP) is 2.00. The summed E-state index contributed by atoms with van der Waals surface area (Å²) < 4.78 is 5.39. The summed E-state index contributed by atoms with van der Waals surface area (Å²) in [4.78, 5) is 18.3. The van der Waals surface area contributed by atoms with Gasteiger partial charge in [0, 0.05) is 31.7 Å². The molecule has 28 heavy (non-hydrogen) atoms. The summed E-state index contributed by atoms with van der Waals surface area (Å²) in [7, 11) is 3.52. The molecule has 0 amide bonds. The molecule has 0 radical (unpaired) electrons. The Hall–Kier alpha value is -2.05. The number of methoxy groups -OCH3 is 1. The van der Waals surface area contributed by atoms with Gasteiger partial charge in [0.2, 0.25) is 0 Å². The molecule has 1 spiro atoms. The maximum Gasteiger partial charge on any atom is 0.315 e. The predicted molar refractivity (Wildman–Crippen MR) is 105 cm³/mol. The number of carbonyl (C=O) groups is 1. The number of hydrogen-bond donors (Lipinski definition) is 2. The standard InChI is InChI=1S/C22H28N2O4/c1-4-14-12-24-10-9-21-17-11-15(26)5-6-18(17)23(2)22(21,24)8-7-16(14)20(21,13-25)19(27)28-3/h4-6,11,16,25-26H,7-10,12-13H2,1-3H3/b14-4-/t16-,20-,21+,22+/m1/s1. The molecule has 1 saturated carbocycles. The van der Waals surface area contributed by atoms with Gasteiger partial charge in [0.15, 0.2) is 0 Å². The molecular weight excluding hydrogens is 356 g/mol. The van der Waals surface area contributed by atoms with Gasteiger partial charge in [0.25, 0.3) is 0 Å². The third kappa shape index (κ3) is 1.56. The molecule has 5 aliphatic rings. The van der Waals surface area contributed by atoms with Gasteiger partial charge >= 0.3 is 5.97 Å². The number of ether oxygens (including phenoxy) is 1. The van der Waals surface area contributed by atoms with Gasteiger partial charge in [-0.15, -0.1) is 0 Å². The summed E-state index contributed by atoms with van der Waals surface area (Å²) in [6.07, 6.45) is 4.63. The van der Waals surface area contributed by atoms with Crippen molar-refractivity contribution in [2.24, 2.45) is 11.3 Å². The van der Waals surface area contributed by atoms with E-state index in [1.165, 1.54) is 12.7 Å². The summed E-state index contributed by atoms with van der Waals surface area (Å²) >= 11 is 0. The van der Waals surface area contributed by atoms with Crippen molar-refractivity contribution in [1.82, 2.24) is 4.90 Å². The van der Waals surface area contributed by atoms with E-state index >= 15 is 0 Å². The number of anilines is 1. The van der Waals surface area contributed by atoms with Crippen molar-refractivity contribution in [3.8, 4) is 5.75 Å². The van der Waals surface area contributed by atoms with Crippen LogP contribution in [0.4, 0.5) is 5.69 Å². The lowest BCUT2D eigenvalue weighted by molar-refractivity contribution is -0.175. The Morgan fingerprint density at radius 3 is 2.86 bits per heavy atom. The summed E-state index contributed by atoms with van der Waals surface area (Å²) in [5.74, 6) is -0.216. The van der Waals surface area contributed by atoms with Crippen LogP contribution >= 0.6 is 0 Å². The summed E-state index contributed by atoms with van der Waals surface area (Å²) in [5.41, 5.74) is 1.12. The van der Waals surface area contributed by atoms with Gasteiger partial charge in [-0.3, -0.25) is 9.69 Å². The molecule has 6 heteroatoms. The van der Waals surface area contributed by atoms with Gasteiger partial charge in [-0.1, -0.05) is 11.6 Å². The third-order valence-electron chi connectivity index (χ3n) is 8.45. The second kappa shape index (κ2) is 5.51. The molecule has 1 aliphatic carbocycles. The highest BCUT2D eigenvalue weighted by atomic mass is 16.5. The number of carbonyl (C=O) groups excluding carboxylic acids is 1. The van der Waals surface area contributed by atoms with Crippen LogP contribution in [-0.4, -0.2) is 60.6 Å². The van der Waals surface area contributed by atoms with Crippen molar-refractivity contribution < 1.29 is 19.7 Å². The SMILES string of the molecule is C/C=C1/CN2CC[C@@]34c5cc(O)ccc5N(C)[C@@]23CC[C@H]1[C@]4(CO)C(=O)OC. The highest BCUT2D eigenvalue weighted by Gasteiger charge is 2.81. The Morgan fingerprint density at radius 1 is 1.39 bits per heavy atom. The Kier molecular flexibility index (Phi) is 3.55. The fourth-order valence-electron chi connectivity index (χ4n) is 7.56. The summed E-state index contributed by atoms with van der Waals surface area (Å²) in [6, 6.07) is 5.47. The van der Waals surface area contributed by atoms with Crippen LogP contribution in [0.1, 0.15) is 31.7 Å². The molecule has 2 N–H and O–H groups in total. The average molecular weight is 384 g/mol. The van der Waals surface area contributed by atoms with Gasteiger partial charge in [-0.25, -0.2) is 0 Å². The molecule has 1 aromatic carbocycles. The van der Waals surface area contributed by atoms with Crippen LogP contribution in [0.3, 0.4) is 0 Å². The number of likely N-dealkylation sites (N-methyl/N-ethyl adjacent to an activating group) is 1. The van der Waals surface area contributed by atoms with E-state index < -0.39 is 16.5 Å². The lowest BCUT2D eigenvalue weighted by Crippen LogP contribution is -2.72. The molecule has 6 nitrogen and oxygen atoms in total. The number of esters is 1. The van der Waals surface area contributed by atoms with E-state index in [0.29, 0.717) is 0 Å². The minimum absolute atomic E-state index is 0.0740. The van der Waals surface area contributed by atoms with Gasteiger partial charge < -0.3 is 19.8 Å². The fourth-order valence-corrected chi connectivity index (χ4v) is 7.56. The van der Waals surface area contributed by atoms with E-state index in [2.05, 4.69) is 22.9 Å². The Labute approximate surface area is 165 Å². The number of phenolic OH excluding ortho intramolecular Hbond substituents is 1. The van der Waals surface area contributed by atoms with Crippen LogP contribution in [-0.2, 0) is 14.9 Å². The van der Waals surface area contributed by atoms with Crippen LogP contribution in [0, 0.1) is 11.3 Å². The third-order valence-corrected chi connectivity index (χ3v) is 8.45. The molecule has 150 valence electrons. The van der Waals surface area contributed by atoms with Crippen LogP contribution in [0.25, 0.3) is 0 Å². The number of nitrogens with zero attached hydrogens (tertiary/aromatic N) is 2. The summed E-state index contributed by atoms with van der Waals surface area (Å²) in [5, 5.41) is 21.3. The second-order valence-corrected chi connectivity index (χ2v) is 8.73. The zero-order valence-electron chi connectivity index (χ0n) is 16.7. The molecule has 4 heterocycles. The normalized spacial score (nSPS) is 41.7. The van der Waals surface area contributed by atoms with Crippen molar-refractivity contribution in [2.45, 2.75) is 37.3 Å². The first kappa shape index (κ1) is 18.0. The van der Waals surface area contributed by atoms with E-state index in [9.17, 15) is 15.0 Å². The number of rotatable bonds is 2. The highest BCUT2D eigenvalue weighted by Crippen LogP contribution is 2.74. The minimum Gasteiger partial charge on any atom is -0.508 e. The number of hydrogen-bond acceptors (Lipinski definition) is 6. The fraction of sp³-hybridized carbons (Fsp3) is 0.591. The lowest BCUT2D eigenvalue weighted by atomic mass is 9.46. The molecule has 4 bridgehead atoms. The molecule has 0 aromatic heterocycles. The molecule has 5 atom stereocenters. The monoisotopic (exact) mass is 384 g/mol. The second-order valence-electron chi connectivity index (χ2n) is 8.73. The van der Waals surface area contributed by atoms with Crippen molar-refractivity contribution in [2.75, 3.05) is 38.8 Å². The minimum atomic E-state index is -1.07. The number of benzene rings is 1. The quantitative estimate of drug-likeness (QED) is 0.600. The van der Waals surface area contributed by atoms with Crippen LogP contribution in [0.5, 0.6) is 5.75 Å². The van der Waals surface area contributed by atoms with E-state index in [1.54, 1.807) is 6.07 Å². The first-order valence-electron chi connectivity index (χ1n) is 10.1. The van der Waals surface area contributed by atoms with Crippen molar-refractivity contribution in [3.05, 3.63) is 35.4 Å². The Bertz CT molecular complexity index is 899. The molecule has 1 unspecified atom stereocenters. The number of phenols is 1. The molecule has 1 aromatic rings. The Balaban J connectivity index is 1.94. The van der Waals surface area contributed by atoms with Crippen molar-refractivity contribution in [3.63, 3.8) is 0 Å². The molecule has 4 fully saturated rings.